The van der Waals surface area contributed by atoms with Gasteiger partial charge >= 0.3 is 12.1 Å². The smallest absolute Gasteiger partial charge is 0.416 e. The molecule has 0 saturated carbocycles. The van der Waals surface area contributed by atoms with Gasteiger partial charge in [-0.05, 0) is 35.2 Å². The van der Waals surface area contributed by atoms with Crippen molar-refractivity contribution < 1.29 is 27.1 Å². The molecule has 0 aliphatic carbocycles. The normalized spacial score (nSPS) is 11.8. The third-order valence-corrected chi connectivity index (χ3v) is 4.15. The van der Waals surface area contributed by atoms with Crippen molar-refractivity contribution in [3.8, 4) is 10.8 Å². The van der Waals surface area contributed by atoms with Crippen LogP contribution in [0.15, 0.2) is 58.5 Å². The second-order valence-corrected chi connectivity index (χ2v) is 6.13. The predicted molar refractivity (Wildman–Crippen MR) is 90.1 cm³/mol. The Bertz CT molecular complexity index is 897. The van der Waals surface area contributed by atoms with E-state index in [4.69, 9.17) is 9.15 Å². The fourth-order valence-corrected chi connectivity index (χ4v) is 2.68. The Labute approximate surface area is 150 Å². The number of benzene rings is 1. The second kappa shape index (κ2) is 7.57. The molecule has 0 bridgehead atoms. The number of carbonyl (C=O) groups is 1. The number of ether oxygens (including phenoxy) is 1. The van der Waals surface area contributed by atoms with Crippen LogP contribution in [0.2, 0.25) is 0 Å². The van der Waals surface area contributed by atoms with Crippen LogP contribution in [0.3, 0.4) is 0 Å². The summed E-state index contributed by atoms with van der Waals surface area (Å²) >= 11 is 1.48. The number of carbonyl (C=O) groups excluding carboxylic acids is 1. The first kappa shape index (κ1) is 17.9. The standard InChI is InChI=1S/C18H12F3NO3S/c19-18(20,21)13-6-3-12(4-7-13)5-8-16(23)24-10-14-11-25-17(22-14)15-2-1-9-26-15/h1-9,11H,10H2/b8-5+. The number of hydrogen-bond acceptors (Lipinski definition) is 5. The van der Waals surface area contributed by atoms with Crippen LogP contribution in [-0.2, 0) is 22.3 Å². The molecular weight excluding hydrogens is 367 g/mol. The summed E-state index contributed by atoms with van der Waals surface area (Å²) in [5, 5.41) is 1.89. The summed E-state index contributed by atoms with van der Waals surface area (Å²) in [6.45, 7) is -0.0644. The van der Waals surface area contributed by atoms with E-state index in [1.807, 2.05) is 17.5 Å². The third kappa shape index (κ3) is 4.60. The van der Waals surface area contributed by atoms with Crippen LogP contribution in [0.1, 0.15) is 16.8 Å². The van der Waals surface area contributed by atoms with Gasteiger partial charge < -0.3 is 9.15 Å². The molecule has 2 aromatic heterocycles. The maximum absolute atomic E-state index is 12.5. The zero-order valence-corrected chi connectivity index (χ0v) is 14.0. The lowest BCUT2D eigenvalue weighted by Gasteiger charge is -2.05. The number of thiophene rings is 1. The fraction of sp³-hybridized carbons (Fsp3) is 0.111. The first-order chi connectivity index (χ1) is 12.4. The maximum Gasteiger partial charge on any atom is 0.416 e. The Morgan fingerprint density at radius 3 is 2.65 bits per heavy atom. The molecule has 3 rings (SSSR count). The molecule has 0 fully saturated rings. The summed E-state index contributed by atoms with van der Waals surface area (Å²) in [7, 11) is 0. The first-order valence-corrected chi connectivity index (χ1v) is 8.30. The molecule has 0 unspecified atom stereocenters. The van der Waals surface area contributed by atoms with E-state index >= 15 is 0 Å². The van der Waals surface area contributed by atoms with E-state index in [2.05, 4.69) is 4.98 Å². The predicted octanol–water partition coefficient (Wildman–Crippen LogP) is 5.18. The zero-order chi connectivity index (χ0) is 18.6. The summed E-state index contributed by atoms with van der Waals surface area (Å²) in [5.74, 6) is -0.183. The van der Waals surface area contributed by atoms with Gasteiger partial charge in [0, 0.05) is 6.08 Å². The highest BCUT2D eigenvalue weighted by molar-refractivity contribution is 7.13. The highest BCUT2D eigenvalue weighted by atomic mass is 32.1. The average Bonchev–Trinajstić information content (AvgIpc) is 3.29. The van der Waals surface area contributed by atoms with Gasteiger partial charge in [0.15, 0.2) is 0 Å². The van der Waals surface area contributed by atoms with E-state index in [0.717, 1.165) is 23.1 Å². The molecule has 1 aromatic carbocycles. The van der Waals surface area contributed by atoms with Crippen LogP contribution in [0.5, 0.6) is 0 Å². The molecule has 8 heteroatoms. The van der Waals surface area contributed by atoms with Crippen molar-refractivity contribution in [2.75, 3.05) is 0 Å². The Balaban J connectivity index is 1.53. The van der Waals surface area contributed by atoms with Crippen molar-refractivity contribution in [3.05, 3.63) is 70.9 Å². The highest BCUT2D eigenvalue weighted by Crippen LogP contribution is 2.29. The van der Waals surface area contributed by atoms with E-state index in [-0.39, 0.29) is 6.61 Å². The van der Waals surface area contributed by atoms with E-state index in [1.165, 1.54) is 35.8 Å². The molecule has 0 atom stereocenters. The molecular formula is C18H12F3NO3S. The first-order valence-electron chi connectivity index (χ1n) is 7.42. The molecule has 3 aromatic rings. The summed E-state index contributed by atoms with van der Waals surface area (Å²) in [6, 6.07) is 8.18. The minimum atomic E-state index is -4.39. The van der Waals surface area contributed by atoms with E-state index < -0.39 is 17.7 Å². The minimum absolute atomic E-state index is 0.0644. The average molecular weight is 379 g/mol. The summed E-state index contributed by atoms with van der Waals surface area (Å²) in [5.41, 5.74) is 0.172. The van der Waals surface area contributed by atoms with Gasteiger partial charge in [0.2, 0.25) is 5.89 Å². The van der Waals surface area contributed by atoms with Gasteiger partial charge in [0.05, 0.1) is 10.4 Å². The van der Waals surface area contributed by atoms with E-state index in [0.29, 0.717) is 17.1 Å². The number of alkyl halides is 3. The lowest BCUT2D eigenvalue weighted by Crippen LogP contribution is -2.04. The van der Waals surface area contributed by atoms with Gasteiger partial charge in [-0.15, -0.1) is 11.3 Å². The van der Waals surface area contributed by atoms with Crippen LogP contribution >= 0.6 is 11.3 Å². The third-order valence-electron chi connectivity index (χ3n) is 3.30. The van der Waals surface area contributed by atoms with E-state index in [9.17, 15) is 18.0 Å². The number of hydrogen-bond donors (Lipinski definition) is 0. The SMILES string of the molecule is O=C(/C=C/c1ccc(C(F)(F)F)cc1)OCc1coc(-c2cccs2)n1. The van der Waals surface area contributed by atoms with Gasteiger partial charge in [-0.2, -0.15) is 13.2 Å². The molecule has 134 valence electrons. The van der Waals surface area contributed by atoms with Crippen molar-refractivity contribution in [2.24, 2.45) is 0 Å². The summed E-state index contributed by atoms with van der Waals surface area (Å²) < 4.78 is 47.8. The Morgan fingerprint density at radius 1 is 1.23 bits per heavy atom. The number of rotatable bonds is 5. The summed E-state index contributed by atoms with van der Waals surface area (Å²) in [4.78, 5) is 16.8. The number of esters is 1. The molecule has 0 radical (unpaired) electrons. The Kier molecular flexibility index (Phi) is 5.22. The van der Waals surface area contributed by atoms with Crippen LogP contribution in [-0.4, -0.2) is 11.0 Å². The van der Waals surface area contributed by atoms with Gasteiger partial charge in [-0.1, -0.05) is 18.2 Å². The molecule has 0 saturated heterocycles. The van der Waals surface area contributed by atoms with Crippen molar-refractivity contribution in [1.82, 2.24) is 4.98 Å². The monoisotopic (exact) mass is 379 g/mol. The van der Waals surface area contributed by atoms with Gasteiger partial charge in [-0.25, -0.2) is 9.78 Å². The maximum atomic E-state index is 12.5. The lowest BCUT2D eigenvalue weighted by molar-refractivity contribution is -0.139. The van der Waals surface area contributed by atoms with Crippen LogP contribution < -0.4 is 0 Å². The zero-order valence-electron chi connectivity index (χ0n) is 13.2. The number of oxazole rings is 1. The Hall–Kier alpha value is -2.87. The molecule has 0 amide bonds. The lowest BCUT2D eigenvalue weighted by atomic mass is 10.1. The fourth-order valence-electron chi connectivity index (χ4n) is 2.03. The van der Waals surface area contributed by atoms with Crippen molar-refractivity contribution >= 4 is 23.4 Å². The largest absolute Gasteiger partial charge is 0.456 e. The Morgan fingerprint density at radius 2 is 2.00 bits per heavy atom. The summed E-state index contributed by atoms with van der Waals surface area (Å²) in [6.07, 6.45) is -0.464. The van der Waals surface area contributed by atoms with Crippen molar-refractivity contribution in [1.29, 1.82) is 0 Å². The molecule has 0 N–H and O–H groups in total. The number of nitrogens with zero attached hydrogens (tertiary/aromatic N) is 1. The van der Waals surface area contributed by atoms with E-state index in [1.54, 1.807) is 0 Å². The second-order valence-electron chi connectivity index (χ2n) is 5.18. The molecule has 2 heterocycles. The van der Waals surface area contributed by atoms with Crippen molar-refractivity contribution in [3.63, 3.8) is 0 Å². The highest BCUT2D eigenvalue weighted by Gasteiger charge is 2.29. The number of aromatic nitrogens is 1. The molecule has 26 heavy (non-hydrogen) atoms. The quantitative estimate of drug-likeness (QED) is 0.453. The van der Waals surface area contributed by atoms with Gasteiger partial charge in [0.25, 0.3) is 0 Å². The van der Waals surface area contributed by atoms with Crippen LogP contribution in [0.25, 0.3) is 16.8 Å². The molecule has 4 nitrogen and oxygen atoms in total. The molecule has 0 aliphatic rings. The number of halogens is 3. The van der Waals surface area contributed by atoms with Gasteiger partial charge in [-0.3, -0.25) is 0 Å². The van der Waals surface area contributed by atoms with Crippen molar-refractivity contribution in [2.45, 2.75) is 12.8 Å². The van der Waals surface area contributed by atoms with Crippen LogP contribution in [0.4, 0.5) is 13.2 Å². The minimum Gasteiger partial charge on any atom is -0.456 e. The van der Waals surface area contributed by atoms with Gasteiger partial charge in [0.1, 0.15) is 18.6 Å². The molecule has 0 spiro atoms. The topological polar surface area (TPSA) is 52.3 Å². The van der Waals surface area contributed by atoms with Crippen LogP contribution in [0, 0.1) is 0 Å². The molecule has 0 aliphatic heterocycles.